The molecule has 4 nitrogen and oxygen atoms in total. The normalized spacial score (nSPS) is 18.4. The van der Waals surface area contributed by atoms with Crippen LogP contribution in [-0.4, -0.2) is 36.9 Å². The highest BCUT2D eigenvalue weighted by atomic mass is 19.1. The van der Waals surface area contributed by atoms with Gasteiger partial charge in [0.2, 0.25) is 5.91 Å². The Balaban J connectivity index is 2.31. The molecule has 24 heavy (non-hydrogen) atoms. The van der Waals surface area contributed by atoms with Gasteiger partial charge in [0.1, 0.15) is 11.6 Å². The van der Waals surface area contributed by atoms with Crippen molar-refractivity contribution in [2.75, 3.05) is 19.8 Å². The number of halogens is 2. The van der Waals surface area contributed by atoms with Gasteiger partial charge in [0.25, 0.3) is 0 Å². The standard InChI is InChI=1S/C18H25F2NO3/c1-12(2)9-14(11-22)21-17(23)18(5-7-24-8-6-18)15-4-3-13(19)10-16(15)20/h3-4,10,12,14,22H,5-9,11H2,1-2H3,(H,21,23). The van der Waals surface area contributed by atoms with Gasteiger partial charge in [-0.1, -0.05) is 19.9 Å². The van der Waals surface area contributed by atoms with Crippen LogP contribution in [0.1, 0.15) is 38.7 Å². The van der Waals surface area contributed by atoms with Crippen LogP contribution in [0.5, 0.6) is 0 Å². The monoisotopic (exact) mass is 341 g/mol. The molecule has 0 aliphatic carbocycles. The summed E-state index contributed by atoms with van der Waals surface area (Å²) in [4.78, 5) is 13.0. The van der Waals surface area contributed by atoms with E-state index < -0.39 is 17.0 Å². The molecule has 1 aromatic rings. The molecule has 1 aliphatic rings. The Labute approximate surface area is 141 Å². The van der Waals surface area contributed by atoms with Crippen LogP contribution in [0.15, 0.2) is 18.2 Å². The van der Waals surface area contributed by atoms with Crippen LogP contribution >= 0.6 is 0 Å². The van der Waals surface area contributed by atoms with Crippen molar-refractivity contribution in [3.63, 3.8) is 0 Å². The van der Waals surface area contributed by atoms with Crippen molar-refractivity contribution in [2.45, 2.75) is 44.6 Å². The lowest BCUT2D eigenvalue weighted by atomic mass is 9.73. The van der Waals surface area contributed by atoms with E-state index in [2.05, 4.69) is 5.32 Å². The van der Waals surface area contributed by atoms with Gasteiger partial charge in [-0.3, -0.25) is 4.79 Å². The number of hydrogen-bond acceptors (Lipinski definition) is 3. The zero-order valence-electron chi connectivity index (χ0n) is 14.1. The number of carbonyl (C=O) groups excluding carboxylic acids is 1. The molecule has 0 saturated carbocycles. The van der Waals surface area contributed by atoms with Crippen molar-refractivity contribution in [1.82, 2.24) is 5.32 Å². The summed E-state index contributed by atoms with van der Waals surface area (Å²) in [6, 6.07) is 2.92. The maximum atomic E-state index is 14.4. The largest absolute Gasteiger partial charge is 0.394 e. The molecule has 0 aromatic heterocycles. The maximum Gasteiger partial charge on any atom is 0.231 e. The van der Waals surface area contributed by atoms with Crippen molar-refractivity contribution in [3.05, 3.63) is 35.4 Å². The zero-order valence-corrected chi connectivity index (χ0v) is 14.1. The first-order chi connectivity index (χ1) is 11.4. The van der Waals surface area contributed by atoms with Gasteiger partial charge in [-0.25, -0.2) is 8.78 Å². The molecule has 1 fully saturated rings. The van der Waals surface area contributed by atoms with E-state index in [4.69, 9.17) is 4.74 Å². The molecule has 2 N–H and O–H groups in total. The number of aliphatic hydroxyl groups is 1. The average molecular weight is 341 g/mol. The van der Waals surface area contributed by atoms with Gasteiger partial charge in [-0.2, -0.15) is 0 Å². The van der Waals surface area contributed by atoms with Gasteiger partial charge in [0.05, 0.1) is 18.1 Å². The Morgan fingerprint density at radius 3 is 2.54 bits per heavy atom. The Kier molecular flexibility index (Phi) is 6.29. The van der Waals surface area contributed by atoms with Gasteiger partial charge in [-0.05, 0) is 31.2 Å². The summed E-state index contributed by atoms with van der Waals surface area (Å²) in [5.74, 6) is -1.44. The Hall–Kier alpha value is -1.53. The Morgan fingerprint density at radius 2 is 2.00 bits per heavy atom. The summed E-state index contributed by atoms with van der Waals surface area (Å²) in [7, 11) is 0. The first-order valence-corrected chi connectivity index (χ1v) is 8.34. The lowest BCUT2D eigenvalue weighted by Gasteiger charge is -2.37. The van der Waals surface area contributed by atoms with E-state index >= 15 is 0 Å². The third kappa shape index (κ3) is 4.11. The minimum atomic E-state index is -1.10. The maximum absolute atomic E-state index is 14.4. The highest BCUT2D eigenvalue weighted by molar-refractivity contribution is 5.88. The summed E-state index contributed by atoms with van der Waals surface area (Å²) < 4.78 is 32.9. The summed E-state index contributed by atoms with van der Waals surface area (Å²) in [6.45, 7) is 4.48. The number of hydrogen-bond donors (Lipinski definition) is 2. The Bertz CT molecular complexity index is 571. The van der Waals surface area contributed by atoms with E-state index in [1.807, 2.05) is 13.8 Å². The number of aliphatic hydroxyl groups excluding tert-OH is 1. The quantitative estimate of drug-likeness (QED) is 0.836. The lowest BCUT2D eigenvalue weighted by Crippen LogP contribution is -2.52. The third-order valence-corrected chi connectivity index (χ3v) is 4.54. The summed E-state index contributed by atoms with van der Waals surface area (Å²) in [6.07, 6.45) is 1.27. The van der Waals surface area contributed by atoms with Gasteiger partial charge in [-0.15, -0.1) is 0 Å². The highest BCUT2D eigenvalue weighted by Gasteiger charge is 2.44. The fourth-order valence-corrected chi connectivity index (χ4v) is 3.29. The molecule has 1 heterocycles. The molecule has 1 unspecified atom stereocenters. The number of nitrogens with one attached hydrogen (secondary N) is 1. The number of ether oxygens (including phenoxy) is 1. The van der Waals surface area contributed by atoms with Gasteiger partial charge in [0.15, 0.2) is 0 Å². The van der Waals surface area contributed by atoms with Crippen molar-refractivity contribution < 1.29 is 23.4 Å². The average Bonchev–Trinajstić information content (AvgIpc) is 2.54. The number of carbonyl (C=O) groups is 1. The van der Waals surface area contributed by atoms with E-state index in [9.17, 15) is 18.7 Å². The van der Waals surface area contributed by atoms with Gasteiger partial charge in [0, 0.05) is 24.8 Å². The van der Waals surface area contributed by atoms with E-state index in [0.29, 0.717) is 38.4 Å². The molecule has 1 aliphatic heterocycles. The fraction of sp³-hybridized carbons (Fsp3) is 0.611. The molecule has 2 rings (SSSR count). The molecule has 0 radical (unpaired) electrons. The van der Waals surface area contributed by atoms with Crippen molar-refractivity contribution >= 4 is 5.91 Å². The second kappa shape index (κ2) is 8.03. The minimum Gasteiger partial charge on any atom is -0.394 e. The predicted molar refractivity (Wildman–Crippen MR) is 86.6 cm³/mol. The molecule has 1 atom stereocenters. The molecule has 1 amide bonds. The van der Waals surface area contributed by atoms with E-state index in [0.717, 1.165) is 6.07 Å². The van der Waals surface area contributed by atoms with Crippen molar-refractivity contribution in [1.29, 1.82) is 0 Å². The summed E-state index contributed by atoms with van der Waals surface area (Å²) >= 11 is 0. The summed E-state index contributed by atoms with van der Waals surface area (Å²) in [5, 5.41) is 12.3. The van der Waals surface area contributed by atoms with E-state index in [1.54, 1.807) is 0 Å². The molecule has 0 bridgehead atoms. The van der Waals surface area contributed by atoms with Gasteiger partial charge < -0.3 is 15.2 Å². The van der Waals surface area contributed by atoms with Crippen molar-refractivity contribution in [2.24, 2.45) is 5.92 Å². The molecular weight excluding hydrogens is 316 g/mol. The number of benzene rings is 1. The van der Waals surface area contributed by atoms with E-state index in [-0.39, 0.29) is 24.1 Å². The number of amides is 1. The van der Waals surface area contributed by atoms with Crippen LogP contribution in [-0.2, 0) is 14.9 Å². The zero-order chi connectivity index (χ0) is 17.7. The van der Waals surface area contributed by atoms with Crippen molar-refractivity contribution in [3.8, 4) is 0 Å². The molecule has 134 valence electrons. The van der Waals surface area contributed by atoms with Crippen LogP contribution in [0.4, 0.5) is 8.78 Å². The van der Waals surface area contributed by atoms with Gasteiger partial charge >= 0.3 is 0 Å². The first-order valence-electron chi connectivity index (χ1n) is 8.34. The molecular formula is C18H25F2NO3. The number of rotatable bonds is 6. The predicted octanol–water partition coefficient (Wildman–Crippen LogP) is 2.54. The highest BCUT2D eigenvalue weighted by Crippen LogP contribution is 2.37. The lowest BCUT2D eigenvalue weighted by molar-refractivity contribution is -0.131. The molecule has 0 spiro atoms. The Morgan fingerprint density at radius 1 is 1.33 bits per heavy atom. The first kappa shape index (κ1) is 18.8. The fourth-order valence-electron chi connectivity index (χ4n) is 3.29. The van der Waals surface area contributed by atoms with E-state index in [1.165, 1.54) is 12.1 Å². The third-order valence-electron chi connectivity index (χ3n) is 4.54. The van der Waals surface area contributed by atoms with Crippen LogP contribution < -0.4 is 5.32 Å². The summed E-state index contributed by atoms with van der Waals surface area (Å²) in [5.41, 5.74) is -0.911. The van der Waals surface area contributed by atoms with Crippen LogP contribution in [0.2, 0.25) is 0 Å². The van der Waals surface area contributed by atoms with Crippen LogP contribution in [0.25, 0.3) is 0 Å². The van der Waals surface area contributed by atoms with Crippen LogP contribution in [0, 0.1) is 17.6 Å². The smallest absolute Gasteiger partial charge is 0.231 e. The van der Waals surface area contributed by atoms with Crippen LogP contribution in [0.3, 0.4) is 0 Å². The molecule has 1 aromatic carbocycles. The minimum absolute atomic E-state index is 0.178. The SMILES string of the molecule is CC(C)CC(CO)NC(=O)C1(c2ccc(F)cc2F)CCOCC1. The molecule has 1 saturated heterocycles. The second-order valence-corrected chi connectivity index (χ2v) is 6.80. The molecule has 6 heteroatoms. The second-order valence-electron chi connectivity index (χ2n) is 6.80. The topological polar surface area (TPSA) is 58.6 Å².